The minimum absolute atomic E-state index is 0.0308. The first kappa shape index (κ1) is 24.7. The summed E-state index contributed by atoms with van der Waals surface area (Å²) in [5.74, 6) is 0.837. The predicted octanol–water partition coefficient (Wildman–Crippen LogP) is 1.31. The highest BCUT2D eigenvalue weighted by atomic mass is 32.2. The summed E-state index contributed by atoms with van der Waals surface area (Å²) in [7, 11) is -5.94. The van der Waals surface area contributed by atoms with E-state index in [0.717, 1.165) is 24.3 Å². The van der Waals surface area contributed by atoms with Crippen molar-refractivity contribution in [1.82, 2.24) is 9.80 Å². The second-order valence-electron chi connectivity index (χ2n) is 11.2. The van der Waals surface area contributed by atoms with Gasteiger partial charge < -0.3 is 19.6 Å². The quantitative estimate of drug-likeness (QED) is 0.575. The molecular formula is C24H36N4O5S2. The van der Waals surface area contributed by atoms with Crippen LogP contribution >= 0.6 is 0 Å². The van der Waals surface area contributed by atoms with Crippen molar-refractivity contribution in [2.24, 2.45) is 11.3 Å². The molecule has 1 aromatic carbocycles. The van der Waals surface area contributed by atoms with Crippen LogP contribution in [0, 0.1) is 11.3 Å². The van der Waals surface area contributed by atoms with Crippen molar-refractivity contribution in [2.45, 2.75) is 26.3 Å². The molecule has 6 rings (SSSR count). The third-order valence-electron chi connectivity index (χ3n) is 8.20. The summed E-state index contributed by atoms with van der Waals surface area (Å²) in [5.41, 5.74) is 2.20. The van der Waals surface area contributed by atoms with Crippen LogP contribution in [-0.4, -0.2) is 108 Å². The van der Waals surface area contributed by atoms with Gasteiger partial charge in [0.1, 0.15) is 0 Å². The number of nitrogens with zero attached hydrogens (tertiary/aromatic N) is 4. The molecule has 5 aliphatic rings. The first-order valence-corrected chi connectivity index (χ1v) is 16.1. The van der Waals surface area contributed by atoms with Crippen molar-refractivity contribution >= 4 is 37.1 Å². The Bertz CT molecular complexity index is 1150. The number of fused-ring (bicyclic) bond motifs is 4. The standard InChI is InChI=1S/C24H36N4O5S2/c1-24(2)15-19-16-27(23(29)26-9-13-35(32,33)14-10-26)18-22(24)28(17-19)21-5-3-20(4-6-21)25-7-11-34(30,31)12-8-25/h3-6,19,22H,7-18H2,1-2H3. The summed E-state index contributed by atoms with van der Waals surface area (Å²) in [4.78, 5) is 21.6. The fourth-order valence-electron chi connectivity index (χ4n) is 6.21. The van der Waals surface area contributed by atoms with E-state index in [4.69, 9.17) is 0 Å². The van der Waals surface area contributed by atoms with E-state index in [0.29, 0.717) is 32.1 Å². The van der Waals surface area contributed by atoms with Gasteiger partial charge in [0.2, 0.25) is 0 Å². The van der Waals surface area contributed by atoms with Crippen LogP contribution in [0.25, 0.3) is 0 Å². The van der Waals surface area contributed by atoms with Crippen LogP contribution < -0.4 is 9.80 Å². The zero-order valence-electron chi connectivity index (χ0n) is 20.6. The molecular weight excluding hydrogens is 488 g/mol. The molecule has 2 bridgehead atoms. The van der Waals surface area contributed by atoms with Crippen LogP contribution in [0.15, 0.2) is 24.3 Å². The van der Waals surface area contributed by atoms with E-state index in [1.54, 1.807) is 4.90 Å². The van der Waals surface area contributed by atoms with Crippen LogP contribution in [0.5, 0.6) is 0 Å². The Morgan fingerprint density at radius 2 is 1.31 bits per heavy atom. The molecule has 0 radical (unpaired) electrons. The fraction of sp³-hybridized carbons (Fsp3) is 0.708. The molecule has 9 nitrogen and oxygen atoms in total. The largest absolute Gasteiger partial charge is 0.369 e. The molecule has 0 aromatic heterocycles. The van der Waals surface area contributed by atoms with Gasteiger partial charge in [-0.15, -0.1) is 0 Å². The number of carbonyl (C=O) groups is 1. The number of benzene rings is 1. The van der Waals surface area contributed by atoms with E-state index in [1.807, 2.05) is 4.90 Å². The first-order valence-electron chi connectivity index (χ1n) is 12.5. The van der Waals surface area contributed by atoms with Gasteiger partial charge in [0.05, 0.1) is 29.1 Å². The van der Waals surface area contributed by atoms with Gasteiger partial charge in [-0.3, -0.25) is 0 Å². The molecule has 1 aromatic rings. The number of piperidine rings is 1. The van der Waals surface area contributed by atoms with E-state index in [9.17, 15) is 21.6 Å². The fourth-order valence-corrected chi connectivity index (χ4v) is 8.61. The average molecular weight is 525 g/mol. The second-order valence-corrected chi connectivity index (χ2v) is 15.8. The molecule has 0 saturated carbocycles. The van der Waals surface area contributed by atoms with Crippen molar-refractivity contribution in [1.29, 1.82) is 0 Å². The topological polar surface area (TPSA) is 98.3 Å². The van der Waals surface area contributed by atoms with Crippen molar-refractivity contribution in [2.75, 3.05) is 78.6 Å². The molecule has 2 amide bonds. The number of sulfone groups is 2. The maximum Gasteiger partial charge on any atom is 0.320 e. The van der Waals surface area contributed by atoms with Crippen LogP contribution in [0.2, 0.25) is 0 Å². The van der Waals surface area contributed by atoms with E-state index < -0.39 is 19.7 Å². The van der Waals surface area contributed by atoms with E-state index >= 15 is 0 Å². The Morgan fingerprint density at radius 1 is 0.771 bits per heavy atom. The van der Waals surface area contributed by atoms with Crippen LogP contribution in [0.4, 0.5) is 16.2 Å². The summed E-state index contributed by atoms with van der Waals surface area (Å²) in [5, 5.41) is 0. The predicted molar refractivity (Wildman–Crippen MR) is 138 cm³/mol. The summed E-state index contributed by atoms with van der Waals surface area (Å²) in [6, 6.07) is 8.52. The van der Waals surface area contributed by atoms with Gasteiger partial charge in [-0.2, -0.15) is 0 Å². The van der Waals surface area contributed by atoms with E-state index in [2.05, 4.69) is 47.9 Å². The Labute approximate surface area is 208 Å². The molecule has 2 atom stereocenters. The van der Waals surface area contributed by atoms with Crippen LogP contribution in [0.1, 0.15) is 20.3 Å². The number of urea groups is 1. The van der Waals surface area contributed by atoms with Crippen LogP contribution in [-0.2, 0) is 19.7 Å². The highest BCUT2D eigenvalue weighted by molar-refractivity contribution is 7.91. The zero-order valence-corrected chi connectivity index (χ0v) is 22.2. The number of carbonyl (C=O) groups excluding carboxylic acids is 1. The Hall–Kier alpha value is -2.01. The van der Waals surface area contributed by atoms with Crippen molar-refractivity contribution in [3.8, 4) is 0 Å². The van der Waals surface area contributed by atoms with Crippen LogP contribution in [0.3, 0.4) is 0 Å². The number of hydrogen-bond acceptors (Lipinski definition) is 7. The van der Waals surface area contributed by atoms with Crippen molar-refractivity contribution in [3.63, 3.8) is 0 Å². The maximum absolute atomic E-state index is 13.3. The number of rotatable bonds is 2. The summed E-state index contributed by atoms with van der Waals surface area (Å²) in [6.07, 6.45) is 1.05. The summed E-state index contributed by atoms with van der Waals surface area (Å²) >= 11 is 0. The SMILES string of the molecule is CC1(C)CC2CN(C(=O)N3CCS(=O)(=O)CC3)CC1N(c1ccc(N3CCS(=O)(=O)CC3)cc1)C2. The lowest BCUT2D eigenvalue weighted by atomic mass is 9.73. The first-order chi connectivity index (χ1) is 16.4. The molecule has 5 saturated heterocycles. The maximum atomic E-state index is 13.3. The molecule has 35 heavy (non-hydrogen) atoms. The molecule has 194 valence electrons. The van der Waals surface area contributed by atoms with Crippen molar-refractivity contribution in [3.05, 3.63) is 24.3 Å². The highest BCUT2D eigenvalue weighted by Gasteiger charge is 2.47. The second kappa shape index (κ2) is 8.83. The number of hydrogen-bond donors (Lipinski definition) is 0. The van der Waals surface area contributed by atoms with Crippen molar-refractivity contribution < 1.29 is 21.6 Å². The lowest BCUT2D eigenvalue weighted by Gasteiger charge is -2.48. The number of anilines is 2. The van der Waals surface area contributed by atoms with E-state index in [-0.39, 0.29) is 53.6 Å². The van der Waals surface area contributed by atoms with Gasteiger partial charge in [-0.05, 0) is 42.0 Å². The van der Waals surface area contributed by atoms with Gasteiger partial charge in [-0.1, -0.05) is 13.8 Å². The van der Waals surface area contributed by atoms with Gasteiger partial charge in [0.25, 0.3) is 0 Å². The summed E-state index contributed by atoms with van der Waals surface area (Å²) in [6.45, 7) is 8.36. The third kappa shape index (κ3) is 5.12. The molecule has 5 heterocycles. The number of amides is 2. The Kier molecular flexibility index (Phi) is 6.22. The average Bonchev–Trinajstić information content (AvgIpc) is 3.06. The molecule has 0 spiro atoms. The minimum Gasteiger partial charge on any atom is -0.369 e. The zero-order chi connectivity index (χ0) is 25.0. The highest BCUT2D eigenvalue weighted by Crippen LogP contribution is 2.43. The molecule has 11 heteroatoms. The molecule has 5 aliphatic heterocycles. The van der Waals surface area contributed by atoms with E-state index in [1.165, 1.54) is 0 Å². The Balaban J connectivity index is 1.32. The minimum atomic E-state index is -3.03. The molecule has 0 aliphatic carbocycles. The van der Waals surface area contributed by atoms with Gasteiger partial charge >= 0.3 is 6.03 Å². The molecule has 5 fully saturated rings. The van der Waals surface area contributed by atoms with Gasteiger partial charge in [0, 0.05) is 57.2 Å². The molecule has 0 N–H and O–H groups in total. The van der Waals surface area contributed by atoms with Gasteiger partial charge in [0.15, 0.2) is 19.7 Å². The normalized spacial score (nSPS) is 29.7. The van der Waals surface area contributed by atoms with Gasteiger partial charge in [-0.25, -0.2) is 21.6 Å². The molecule has 2 unspecified atom stereocenters. The lowest BCUT2D eigenvalue weighted by molar-refractivity contribution is 0.153. The lowest BCUT2D eigenvalue weighted by Crippen LogP contribution is -2.55. The monoisotopic (exact) mass is 524 g/mol. The summed E-state index contributed by atoms with van der Waals surface area (Å²) < 4.78 is 47.2. The third-order valence-corrected chi connectivity index (χ3v) is 11.4. The Morgan fingerprint density at radius 3 is 1.91 bits per heavy atom. The smallest absolute Gasteiger partial charge is 0.320 e.